The number of hydrogen-bond acceptors (Lipinski definition) is 4. The smallest absolute Gasteiger partial charge is 0.272 e. The Balaban J connectivity index is 1.71. The number of aromatic amines is 1. The van der Waals surface area contributed by atoms with Crippen molar-refractivity contribution < 1.29 is 14.0 Å². The van der Waals surface area contributed by atoms with E-state index in [4.69, 9.17) is 10.2 Å². The standard InChI is InChI=1S/C18H18N4O3/c1-11-7-8-16(25-11)13-10-15(22-21-13)18(24)20-14(17(19)23)9-12-5-3-2-4-6-12/h2-8,10,14H,9H2,1H3,(H2,19,23)(H,20,24)(H,21,22)/t14-/m0/s1. The molecule has 7 nitrogen and oxygen atoms in total. The molecule has 2 aromatic heterocycles. The lowest BCUT2D eigenvalue weighted by molar-refractivity contribution is -0.119. The maximum Gasteiger partial charge on any atom is 0.272 e. The number of carbonyl (C=O) groups is 2. The lowest BCUT2D eigenvalue weighted by Gasteiger charge is -2.14. The van der Waals surface area contributed by atoms with Crippen molar-refractivity contribution in [2.24, 2.45) is 5.73 Å². The molecule has 0 radical (unpaired) electrons. The Morgan fingerprint density at radius 1 is 1.24 bits per heavy atom. The molecule has 0 spiro atoms. The minimum absolute atomic E-state index is 0.156. The Morgan fingerprint density at radius 2 is 2.00 bits per heavy atom. The Hall–Kier alpha value is -3.35. The number of nitrogens with two attached hydrogens (primary N) is 1. The second-order valence-electron chi connectivity index (χ2n) is 5.70. The van der Waals surface area contributed by atoms with Crippen molar-refractivity contribution in [2.75, 3.05) is 0 Å². The molecule has 2 heterocycles. The molecule has 25 heavy (non-hydrogen) atoms. The third-order valence-electron chi connectivity index (χ3n) is 3.75. The van der Waals surface area contributed by atoms with Gasteiger partial charge in [-0.25, -0.2) is 0 Å². The minimum Gasteiger partial charge on any atom is -0.460 e. The fourth-order valence-corrected chi connectivity index (χ4v) is 2.45. The second kappa shape index (κ2) is 7.04. The summed E-state index contributed by atoms with van der Waals surface area (Å²) in [6, 6.07) is 13.7. The highest BCUT2D eigenvalue weighted by Crippen LogP contribution is 2.20. The van der Waals surface area contributed by atoms with Gasteiger partial charge in [-0.15, -0.1) is 0 Å². The monoisotopic (exact) mass is 338 g/mol. The molecule has 0 saturated heterocycles. The van der Waals surface area contributed by atoms with E-state index in [0.29, 0.717) is 17.9 Å². The summed E-state index contributed by atoms with van der Waals surface area (Å²) in [6.07, 6.45) is 0.316. The average molecular weight is 338 g/mol. The van der Waals surface area contributed by atoms with Gasteiger partial charge in [0.2, 0.25) is 5.91 Å². The Morgan fingerprint density at radius 3 is 2.64 bits per heavy atom. The summed E-state index contributed by atoms with van der Waals surface area (Å²) < 4.78 is 5.48. The molecule has 2 amide bonds. The van der Waals surface area contributed by atoms with Crippen molar-refractivity contribution in [1.29, 1.82) is 0 Å². The average Bonchev–Trinajstić information content (AvgIpc) is 3.24. The quantitative estimate of drug-likeness (QED) is 0.636. The third kappa shape index (κ3) is 3.95. The first-order chi connectivity index (χ1) is 12.0. The lowest BCUT2D eigenvalue weighted by atomic mass is 10.1. The number of H-pyrrole nitrogens is 1. The Bertz CT molecular complexity index is 883. The molecule has 0 aliphatic heterocycles. The molecule has 1 aromatic carbocycles. The van der Waals surface area contributed by atoms with E-state index in [1.165, 1.54) is 0 Å². The van der Waals surface area contributed by atoms with Crippen LogP contribution >= 0.6 is 0 Å². The van der Waals surface area contributed by atoms with Gasteiger partial charge in [-0.2, -0.15) is 5.10 Å². The summed E-state index contributed by atoms with van der Waals surface area (Å²) in [5.41, 5.74) is 7.05. The molecule has 3 aromatic rings. The van der Waals surface area contributed by atoms with E-state index in [1.54, 1.807) is 12.1 Å². The zero-order valence-electron chi connectivity index (χ0n) is 13.7. The maximum atomic E-state index is 12.4. The summed E-state index contributed by atoms with van der Waals surface area (Å²) in [5.74, 6) is 0.257. The maximum absolute atomic E-state index is 12.4. The molecule has 0 bridgehead atoms. The molecule has 1 atom stereocenters. The molecule has 0 fully saturated rings. The van der Waals surface area contributed by atoms with Crippen LogP contribution < -0.4 is 11.1 Å². The van der Waals surface area contributed by atoms with Crippen LogP contribution in [0.2, 0.25) is 0 Å². The number of aromatic nitrogens is 2. The predicted octanol–water partition coefficient (Wildman–Crippen LogP) is 1.80. The molecular weight excluding hydrogens is 320 g/mol. The number of primary amides is 1. The fraction of sp³-hybridized carbons (Fsp3) is 0.167. The van der Waals surface area contributed by atoms with Gasteiger partial charge in [0.1, 0.15) is 17.5 Å². The zero-order chi connectivity index (χ0) is 17.8. The summed E-state index contributed by atoms with van der Waals surface area (Å²) in [7, 11) is 0. The number of benzene rings is 1. The molecule has 0 aliphatic carbocycles. The number of furan rings is 1. The lowest BCUT2D eigenvalue weighted by Crippen LogP contribution is -2.46. The number of aryl methyl sites for hydroxylation is 1. The summed E-state index contributed by atoms with van der Waals surface area (Å²) in [4.78, 5) is 24.0. The van der Waals surface area contributed by atoms with Gasteiger partial charge in [0.25, 0.3) is 5.91 Å². The Labute approximate surface area is 144 Å². The van der Waals surface area contributed by atoms with Crippen LogP contribution in [0.25, 0.3) is 11.5 Å². The van der Waals surface area contributed by atoms with Gasteiger partial charge in [-0.05, 0) is 24.6 Å². The highest BCUT2D eigenvalue weighted by molar-refractivity contribution is 5.96. The predicted molar refractivity (Wildman–Crippen MR) is 91.6 cm³/mol. The van der Waals surface area contributed by atoms with Gasteiger partial charge in [0.05, 0.1) is 0 Å². The highest BCUT2D eigenvalue weighted by atomic mass is 16.3. The van der Waals surface area contributed by atoms with Gasteiger partial charge in [-0.3, -0.25) is 14.7 Å². The van der Waals surface area contributed by atoms with Crippen LogP contribution in [0.15, 0.2) is 52.9 Å². The van der Waals surface area contributed by atoms with Crippen LogP contribution in [0.4, 0.5) is 0 Å². The van der Waals surface area contributed by atoms with Crippen LogP contribution in [-0.2, 0) is 11.2 Å². The molecular formula is C18H18N4O3. The summed E-state index contributed by atoms with van der Waals surface area (Å²) in [6.45, 7) is 1.83. The number of nitrogens with one attached hydrogen (secondary N) is 2. The first kappa shape index (κ1) is 16.5. The molecule has 3 rings (SSSR count). The van der Waals surface area contributed by atoms with Gasteiger partial charge in [-0.1, -0.05) is 30.3 Å². The number of carbonyl (C=O) groups excluding carboxylic acids is 2. The van der Waals surface area contributed by atoms with Crippen molar-refractivity contribution in [1.82, 2.24) is 15.5 Å². The molecule has 128 valence electrons. The molecule has 7 heteroatoms. The van der Waals surface area contributed by atoms with E-state index < -0.39 is 17.9 Å². The van der Waals surface area contributed by atoms with E-state index in [9.17, 15) is 9.59 Å². The molecule has 0 saturated carbocycles. The van der Waals surface area contributed by atoms with Crippen LogP contribution in [0.1, 0.15) is 21.8 Å². The summed E-state index contributed by atoms with van der Waals surface area (Å²) in [5, 5.41) is 9.34. The highest BCUT2D eigenvalue weighted by Gasteiger charge is 2.21. The van der Waals surface area contributed by atoms with Gasteiger partial charge < -0.3 is 15.5 Å². The molecule has 0 unspecified atom stereocenters. The number of hydrogen-bond donors (Lipinski definition) is 3. The minimum atomic E-state index is -0.819. The van der Waals surface area contributed by atoms with E-state index in [1.807, 2.05) is 43.3 Å². The van der Waals surface area contributed by atoms with Gasteiger partial charge >= 0.3 is 0 Å². The topological polar surface area (TPSA) is 114 Å². The normalized spacial score (nSPS) is 11.9. The zero-order valence-corrected chi connectivity index (χ0v) is 13.7. The van der Waals surface area contributed by atoms with Crippen LogP contribution in [-0.4, -0.2) is 28.1 Å². The number of amides is 2. The van der Waals surface area contributed by atoms with Gasteiger partial charge in [0, 0.05) is 12.5 Å². The summed E-state index contributed by atoms with van der Waals surface area (Å²) >= 11 is 0. The number of nitrogens with zero attached hydrogens (tertiary/aromatic N) is 1. The van der Waals surface area contributed by atoms with E-state index >= 15 is 0 Å². The van der Waals surface area contributed by atoms with Crippen LogP contribution in [0, 0.1) is 6.92 Å². The van der Waals surface area contributed by atoms with Crippen molar-refractivity contribution in [2.45, 2.75) is 19.4 Å². The van der Waals surface area contributed by atoms with Crippen molar-refractivity contribution in [3.05, 3.63) is 65.5 Å². The van der Waals surface area contributed by atoms with Crippen LogP contribution in [0.3, 0.4) is 0 Å². The van der Waals surface area contributed by atoms with Gasteiger partial charge in [0.15, 0.2) is 11.5 Å². The Kier molecular flexibility index (Phi) is 4.65. The number of rotatable bonds is 6. The first-order valence-electron chi connectivity index (χ1n) is 7.79. The largest absolute Gasteiger partial charge is 0.460 e. The van der Waals surface area contributed by atoms with Crippen molar-refractivity contribution >= 4 is 11.8 Å². The fourth-order valence-electron chi connectivity index (χ4n) is 2.45. The van der Waals surface area contributed by atoms with Crippen molar-refractivity contribution in [3.63, 3.8) is 0 Å². The molecule has 0 aliphatic rings. The SMILES string of the molecule is Cc1ccc(-c2cc(C(=O)N[C@@H](Cc3ccccc3)C(N)=O)n[nH]2)o1. The second-order valence-corrected chi connectivity index (χ2v) is 5.70. The molecule has 4 N–H and O–H groups in total. The van der Waals surface area contributed by atoms with E-state index in [2.05, 4.69) is 15.5 Å². The first-order valence-corrected chi connectivity index (χ1v) is 7.79. The third-order valence-corrected chi connectivity index (χ3v) is 3.75. The van der Waals surface area contributed by atoms with E-state index in [-0.39, 0.29) is 5.69 Å². The van der Waals surface area contributed by atoms with Crippen LogP contribution in [0.5, 0.6) is 0 Å². The van der Waals surface area contributed by atoms with Crippen molar-refractivity contribution in [3.8, 4) is 11.5 Å². The van der Waals surface area contributed by atoms with E-state index in [0.717, 1.165) is 11.3 Å².